The Morgan fingerprint density at radius 1 is 1.35 bits per heavy atom. The van der Waals surface area contributed by atoms with Crippen molar-refractivity contribution in [1.29, 1.82) is 0 Å². The van der Waals surface area contributed by atoms with Crippen LogP contribution in [0, 0.1) is 0 Å². The van der Waals surface area contributed by atoms with Crippen molar-refractivity contribution in [3.63, 3.8) is 0 Å². The number of carbonyl (C=O) groups excluding carboxylic acids is 1. The van der Waals surface area contributed by atoms with E-state index in [1.807, 2.05) is 0 Å². The van der Waals surface area contributed by atoms with Crippen LogP contribution in [0.2, 0.25) is 0 Å². The highest BCUT2D eigenvalue weighted by Crippen LogP contribution is 2.20. The van der Waals surface area contributed by atoms with E-state index in [4.69, 9.17) is 10.2 Å². The van der Waals surface area contributed by atoms with Gasteiger partial charge in [0.25, 0.3) is 0 Å². The summed E-state index contributed by atoms with van der Waals surface area (Å²) in [6.45, 7) is 1.57. The van der Waals surface area contributed by atoms with E-state index in [0.717, 1.165) is 0 Å². The second kappa shape index (κ2) is 7.24. The van der Waals surface area contributed by atoms with Crippen LogP contribution in [0.4, 0.5) is 0 Å². The highest BCUT2D eigenvalue weighted by molar-refractivity contribution is 5.71. The Kier molecular flexibility index (Phi) is 6.75. The molecule has 6 heteroatoms. The number of ether oxygens (including phenoxy) is 1. The van der Waals surface area contributed by atoms with E-state index in [2.05, 4.69) is 4.74 Å². The summed E-state index contributed by atoms with van der Waals surface area (Å²) in [6, 6.07) is 0. The molecule has 0 spiro atoms. The van der Waals surface area contributed by atoms with Gasteiger partial charge < -0.3 is 20.1 Å². The molecule has 0 radical (unpaired) electrons. The summed E-state index contributed by atoms with van der Waals surface area (Å²) < 4.78 is 4.45. The van der Waals surface area contributed by atoms with Crippen molar-refractivity contribution in [2.24, 2.45) is 0 Å². The molecular formula is C11H20O6. The van der Waals surface area contributed by atoms with Gasteiger partial charge in [-0.05, 0) is 32.6 Å². The number of aliphatic hydroxyl groups is 2. The molecule has 0 saturated heterocycles. The topological polar surface area (TPSA) is 104 Å². The van der Waals surface area contributed by atoms with Crippen LogP contribution in [-0.4, -0.2) is 46.1 Å². The van der Waals surface area contributed by atoms with Crippen molar-refractivity contribution in [1.82, 2.24) is 0 Å². The molecule has 100 valence electrons. The molecule has 0 aromatic rings. The Morgan fingerprint density at radius 2 is 1.94 bits per heavy atom. The van der Waals surface area contributed by atoms with Gasteiger partial charge in [-0.15, -0.1) is 0 Å². The second-order valence-electron chi connectivity index (χ2n) is 4.32. The molecule has 0 fully saturated rings. The Bertz CT molecular complexity index is 261. The lowest BCUT2D eigenvalue weighted by atomic mass is 9.93. The summed E-state index contributed by atoms with van der Waals surface area (Å²) in [7, 11) is 1.28. The molecular weight excluding hydrogens is 228 g/mol. The third kappa shape index (κ3) is 7.70. The SMILES string of the molecule is COC(=O)CCC(C)(O)CCCC(O)C(=O)O. The maximum absolute atomic E-state index is 10.9. The zero-order valence-electron chi connectivity index (χ0n) is 10.2. The Hall–Kier alpha value is -1.14. The molecule has 0 aliphatic rings. The van der Waals surface area contributed by atoms with Crippen LogP contribution in [-0.2, 0) is 14.3 Å². The van der Waals surface area contributed by atoms with Gasteiger partial charge in [-0.1, -0.05) is 0 Å². The monoisotopic (exact) mass is 248 g/mol. The molecule has 3 N–H and O–H groups in total. The van der Waals surface area contributed by atoms with Crippen molar-refractivity contribution in [3.05, 3.63) is 0 Å². The number of hydrogen-bond donors (Lipinski definition) is 3. The van der Waals surface area contributed by atoms with Crippen LogP contribution in [0.15, 0.2) is 0 Å². The molecule has 0 saturated carbocycles. The maximum Gasteiger partial charge on any atom is 0.332 e. The van der Waals surface area contributed by atoms with Gasteiger partial charge in [0.05, 0.1) is 12.7 Å². The fraction of sp³-hybridized carbons (Fsp3) is 0.818. The van der Waals surface area contributed by atoms with Crippen LogP contribution in [0.5, 0.6) is 0 Å². The Labute approximate surface area is 100 Å². The van der Waals surface area contributed by atoms with Gasteiger partial charge in [-0.25, -0.2) is 4.79 Å². The number of carboxylic acid groups (broad SMARTS) is 1. The second-order valence-corrected chi connectivity index (χ2v) is 4.32. The van der Waals surface area contributed by atoms with Crippen molar-refractivity contribution >= 4 is 11.9 Å². The van der Waals surface area contributed by atoms with Crippen LogP contribution in [0.1, 0.15) is 39.0 Å². The first-order valence-corrected chi connectivity index (χ1v) is 5.48. The average molecular weight is 248 g/mol. The number of hydrogen-bond acceptors (Lipinski definition) is 5. The summed E-state index contributed by atoms with van der Waals surface area (Å²) in [5.41, 5.74) is -1.05. The first kappa shape index (κ1) is 15.9. The highest BCUT2D eigenvalue weighted by Gasteiger charge is 2.22. The minimum atomic E-state index is -1.40. The van der Waals surface area contributed by atoms with Gasteiger partial charge in [-0.2, -0.15) is 0 Å². The van der Waals surface area contributed by atoms with E-state index in [1.54, 1.807) is 6.92 Å². The van der Waals surface area contributed by atoms with Crippen molar-refractivity contribution in [3.8, 4) is 0 Å². The van der Waals surface area contributed by atoms with Gasteiger partial charge in [0.15, 0.2) is 6.10 Å². The lowest BCUT2D eigenvalue weighted by Crippen LogP contribution is -2.27. The molecule has 0 heterocycles. The van der Waals surface area contributed by atoms with Crippen molar-refractivity contribution in [2.45, 2.75) is 50.7 Å². The minimum Gasteiger partial charge on any atom is -0.479 e. The molecule has 0 amide bonds. The van der Waals surface area contributed by atoms with Crippen molar-refractivity contribution < 1.29 is 29.6 Å². The summed E-state index contributed by atoms with van der Waals surface area (Å²) in [4.78, 5) is 21.2. The standard InChI is InChI=1S/C11H20O6/c1-11(16,7-5-9(13)17-2)6-3-4-8(12)10(14)15/h8,12,16H,3-7H2,1-2H3,(H,14,15). The predicted octanol–water partition coefficient (Wildman–Crippen LogP) is 0.306. The lowest BCUT2D eigenvalue weighted by Gasteiger charge is -2.22. The fourth-order valence-electron chi connectivity index (χ4n) is 1.40. The highest BCUT2D eigenvalue weighted by atomic mass is 16.5. The number of esters is 1. The van der Waals surface area contributed by atoms with Crippen LogP contribution < -0.4 is 0 Å². The third-order valence-corrected chi connectivity index (χ3v) is 2.57. The quantitative estimate of drug-likeness (QED) is 0.534. The number of methoxy groups -OCH3 is 1. The van der Waals surface area contributed by atoms with E-state index < -0.39 is 23.6 Å². The van der Waals surface area contributed by atoms with Gasteiger partial charge in [0.1, 0.15) is 0 Å². The van der Waals surface area contributed by atoms with Gasteiger partial charge in [-0.3, -0.25) is 4.79 Å². The molecule has 0 bridgehead atoms. The maximum atomic E-state index is 10.9. The molecule has 0 aromatic heterocycles. The predicted molar refractivity (Wildman–Crippen MR) is 59.4 cm³/mol. The molecule has 6 nitrogen and oxygen atoms in total. The normalized spacial score (nSPS) is 16.0. The minimum absolute atomic E-state index is 0.0870. The third-order valence-electron chi connectivity index (χ3n) is 2.57. The number of carboxylic acids is 1. The molecule has 0 aliphatic heterocycles. The number of rotatable bonds is 8. The van der Waals surface area contributed by atoms with E-state index in [9.17, 15) is 14.7 Å². The molecule has 2 atom stereocenters. The fourth-order valence-corrected chi connectivity index (χ4v) is 1.40. The Balaban J connectivity index is 3.85. The van der Waals surface area contributed by atoms with Crippen LogP contribution in [0.25, 0.3) is 0 Å². The zero-order chi connectivity index (χ0) is 13.5. The van der Waals surface area contributed by atoms with Gasteiger partial charge in [0.2, 0.25) is 0 Å². The van der Waals surface area contributed by atoms with Gasteiger partial charge in [0, 0.05) is 6.42 Å². The average Bonchev–Trinajstić information content (AvgIpc) is 2.25. The summed E-state index contributed by atoms with van der Waals surface area (Å²) in [6.07, 6.45) is -0.237. The Morgan fingerprint density at radius 3 is 2.41 bits per heavy atom. The summed E-state index contributed by atoms with van der Waals surface area (Å²) in [5.74, 6) is -1.66. The largest absolute Gasteiger partial charge is 0.479 e. The lowest BCUT2D eigenvalue weighted by molar-refractivity contribution is -0.147. The molecule has 17 heavy (non-hydrogen) atoms. The number of aliphatic hydroxyl groups excluding tert-OH is 1. The van der Waals surface area contributed by atoms with E-state index in [0.29, 0.717) is 12.8 Å². The number of aliphatic carboxylic acids is 1. The van der Waals surface area contributed by atoms with Crippen LogP contribution in [0.3, 0.4) is 0 Å². The first-order valence-electron chi connectivity index (χ1n) is 5.48. The number of carbonyl (C=O) groups is 2. The van der Waals surface area contributed by atoms with E-state index >= 15 is 0 Å². The molecule has 0 rings (SSSR count). The molecule has 0 aliphatic carbocycles. The van der Waals surface area contributed by atoms with Gasteiger partial charge >= 0.3 is 11.9 Å². The smallest absolute Gasteiger partial charge is 0.332 e. The zero-order valence-corrected chi connectivity index (χ0v) is 10.2. The molecule has 2 unspecified atom stereocenters. The van der Waals surface area contributed by atoms with Crippen LogP contribution >= 0.6 is 0 Å². The first-order chi connectivity index (χ1) is 7.78. The van der Waals surface area contributed by atoms with Crippen molar-refractivity contribution in [2.75, 3.05) is 7.11 Å². The van der Waals surface area contributed by atoms with E-state index in [-0.39, 0.29) is 19.3 Å². The summed E-state index contributed by atoms with van der Waals surface area (Å²) >= 11 is 0. The van der Waals surface area contributed by atoms with E-state index in [1.165, 1.54) is 7.11 Å². The summed E-state index contributed by atoms with van der Waals surface area (Å²) in [5, 5.41) is 27.3. The molecule has 0 aromatic carbocycles.